The number of anilines is 1. The highest BCUT2D eigenvalue weighted by atomic mass is 32.2. The number of sulfonamides is 1. The zero-order chi connectivity index (χ0) is 21.7. The molecule has 0 bridgehead atoms. The molecule has 1 saturated heterocycles. The van der Waals surface area contributed by atoms with E-state index in [2.05, 4.69) is 10.6 Å². The Morgan fingerprint density at radius 1 is 0.967 bits per heavy atom. The van der Waals surface area contributed by atoms with Gasteiger partial charge in [0.05, 0.1) is 29.4 Å². The van der Waals surface area contributed by atoms with Crippen molar-refractivity contribution < 1.29 is 22.7 Å². The average molecular weight is 432 g/mol. The molecule has 0 aliphatic carbocycles. The highest BCUT2D eigenvalue weighted by Crippen LogP contribution is 2.20. The van der Waals surface area contributed by atoms with Crippen molar-refractivity contribution in [2.45, 2.75) is 24.8 Å². The smallest absolute Gasteiger partial charge is 0.255 e. The molecule has 0 radical (unpaired) electrons. The molecule has 3 rings (SSSR count). The molecule has 2 aromatic carbocycles. The number of benzene rings is 2. The molecule has 2 N–H and O–H groups in total. The molecule has 2 aromatic rings. The van der Waals surface area contributed by atoms with Gasteiger partial charge in [0.15, 0.2) is 0 Å². The third kappa shape index (κ3) is 5.05. The van der Waals surface area contributed by atoms with E-state index >= 15 is 0 Å². The number of rotatable bonds is 6. The lowest BCUT2D eigenvalue weighted by molar-refractivity contribution is 0.0730. The predicted molar refractivity (Wildman–Crippen MR) is 113 cm³/mol. The van der Waals surface area contributed by atoms with Crippen LogP contribution in [-0.4, -0.2) is 56.9 Å². The maximum Gasteiger partial charge on any atom is 0.255 e. The molecule has 1 aliphatic rings. The van der Waals surface area contributed by atoms with Crippen molar-refractivity contribution in [3.63, 3.8) is 0 Å². The summed E-state index contributed by atoms with van der Waals surface area (Å²) >= 11 is 0. The van der Waals surface area contributed by atoms with Crippen molar-refractivity contribution in [2.75, 3.05) is 31.6 Å². The summed E-state index contributed by atoms with van der Waals surface area (Å²) in [5.41, 5.74) is 1.02. The van der Waals surface area contributed by atoms with Crippen LogP contribution in [0, 0.1) is 0 Å². The highest BCUT2D eigenvalue weighted by molar-refractivity contribution is 7.89. The molecule has 160 valence electrons. The molecule has 0 atom stereocenters. The Balaban J connectivity index is 1.75. The number of para-hydroxylation sites is 1. The Bertz CT molecular complexity index is 1010. The lowest BCUT2D eigenvalue weighted by Gasteiger charge is -2.26. The van der Waals surface area contributed by atoms with Gasteiger partial charge in [0.25, 0.3) is 11.8 Å². The Kier molecular flexibility index (Phi) is 6.86. The Labute approximate surface area is 176 Å². The summed E-state index contributed by atoms with van der Waals surface area (Å²) < 4.78 is 32.0. The summed E-state index contributed by atoms with van der Waals surface area (Å²) in [4.78, 5) is 25.1. The molecule has 0 saturated carbocycles. The van der Waals surface area contributed by atoms with E-state index in [0.29, 0.717) is 37.6 Å². The van der Waals surface area contributed by atoms with Crippen LogP contribution in [0.1, 0.15) is 34.6 Å². The predicted octanol–water partition coefficient (Wildman–Crippen LogP) is 2.10. The molecule has 8 nitrogen and oxygen atoms in total. The largest absolute Gasteiger partial charge is 0.379 e. The first kappa shape index (κ1) is 21.9. The molecule has 0 unspecified atom stereocenters. The first-order valence-corrected chi connectivity index (χ1v) is 11.1. The van der Waals surface area contributed by atoms with Gasteiger partial charge in [0, 0.05) is 24.7 Å². The quantitative estimate of drug-likeness (QED) is 0.729. The van der Waals surface area contributed by atoms with Crippen molar-refractivity contribution in [3.05, 3.63) is 59.7 Å². The van der Waals surface area contributed by atoms with Crippen LogP contribution in [0.3, 0.4) is 0 Å². The molecule has 9 heteroatoms. The maximum atomic E-state index is 12.7. The summed E-state index contributed by atoms with van der Waals surface area (Å²) in [7, 11) is -3.62. The lowest BCUT2D eigenvalue weighted by Crippen LogP contribution is -2.40. The zero-order valence-electron chi connectivity index (χ0n) is 16.9. The zero-order valence-corrected chi connectivity index (χ0v) is 17.7. The fourth-order valence-corrected chi connectivity index (χ4v) is 4.45. The molecule has 2 amide bonds. The third-order valence-corrected chi connectivity index (χ3v) is 6.48. The van der Waals surface area contributed by atoms with Crippen LogP contribution in [0.5, 0.6) is 0 Å². The minimum atomic E-state index is -3.62. The topological polar surface area (TPSA) is 105 Å². The van der Waals surface area contributed by atoms with Crippen molar-refractivity contribution in [3.8, 4) is 0 Å². The number of morpholine rings is 1. The van der Waals surface area contributed by atoms with E-state index in [9.17, 15) is 18.0 Å². The Morgan fingerprint density at radius 2 is 1.60 bits per heavy atom. The summed E-state index contributed by atoms with van der Waals surface area (Å²) in [5, 5.41) is 5.52. The van der Waals surface area contributed by atoms with Gasteiger partial charge >= 0.3 is 0 Å². The van der Waals surface area contributed by atoms with Crippen molar-refractivity contribution in [1.82, 2.24) is 9.62 Å². The van der Waals surface area contributed by atoms with E-state index in [0.717, 1.165) is 0 Å². The number of carbonyl (C=O) groups excluding carboxylic acids is 2. The van der Waals surface area contributed by atoms with Crippen LogP contribution in [-0.2, 0) is 14.8 Å². The second-order valence-electron chi connectivity index (χ2n) is 7.17. The van der Waals surface area contributed by atoms with Crippen LogP contribution in [0.15, 0.2) is 53.4 Å². The van der Waals surface area contributed by atoms with Gasteiger partial charge in [-0.05, 0) is 50.2 Å². The van der Waals surface area contributed by atoms with E-state index in [-0.39, 0.29) is 22.4 Å². The van der Waals surface area contributed by atoms with Gasteiger partial charge in [-0.2, -0.15) is 4.31 Å². The molecule has 30 heavy (non-hydrogen) atoms. The van der Waals surface area contributed by atoms with Gasteiger partial charge in [0.2, 0.25) is 10.0 Å². The minimum absolute atomic E-state index is 0.0396. The SMILES string of the molecule is CC(C)NC(=O)c1ccccc1NC(=O)c1ccc(S(=O)(=O)N2CCOCC2)cc1. The fourth-order valence-electron chi connectivity index (χ4n) is 3.04. The monoisotopic (exact) mass is 431 g/mol. The maximum absolute atomic E-state index is 12.7. The van der Waals surface area contributed by atoms with Crippen LogP contribution in [0.25, 0.3) is 0 Å². The molecule has 0 spiro atoms. The summed E-state index contributed by atoms with van der Waals surface area (Å²) in [6.45, 7) is 5.05. The second-order valence-corrected chi connectivity index (χ2v) is 9.11. The Hall–Kier alpha value is -2.75. The molecule has 0 aromatic heterocycles. The third-order valence-electron chi connectivity index (χ3n) is 4.56. The van der Waals surface area contributed by atoms with E-state index in [4.69, 9.17) is 4.74 Å². The van der Waals surface area contributed by atoms with Crippen molar-refractivity contribution >= 4 is 27.5 Å². The van der Waals surface area contributed by atoms with Crippen molar-refractivity contribution in [1.29, 1.82) is 0 Å². The van der Waals surface area contributed by atoms with E-state index in [1.54, 1.807) is 24.3 Å². The second kappa shape index (κ2) is 9.38. The molecule has 1 heterocycles. The lowest BCUT2D eigenvalue weighted by atomic mass is 10.1. The average Bonchev–Trinajstić information content (AvgIpc) is 2.74. The van der Waals surface area contributed by atoms with E-state index in [1.807, 2.05) is 13.8 Å². The van der Waals surface area contributed by atoms with Gasteiger partial charge in [-0.25, -0.2) is 8.42 Å². The number of amides is 2. The molecular formula is C21H25N3O5S. The number of nitrogens with one attached hydrogen (secondary N) is 2. The molecule has 1 fully saturated rings. The first-order valence-electron chi connectivity index (χ1n) is 9.68. The van der Waals surface area contributed by atoms with Crippen LogP contribution >= 0.6 is 0 Å². The normalized spacial score (nSPS) is 15.0. The summed E-state index contributed by atoms with van der Waals surface area (Å²) in [5.74, 6) is -0.719. The highest BCUT2D eigenvalue weighted by Gasteiger charge is 2.26. The number of nitrogens with zero attached hydrogens (tertiary/aromatic N) is 1. The van der Waals surface area contributed by atoms with Gasteiger partial charge in [-0.3, -0.25) is 9.59 Å². The molecule has 1 aliphatic heterocycles. The Morgan fingerprint density at radius 3 is 2.23 bits per heavy atom. The van der Waals surface area contributed by atoms with Gasteiger partial charge in [-0.15, -0.1) is 0 Å². The number of ether oxygens (including phenoxy) is 1. The summed E-state index contributed by atoms with van der Waals surface area (Å²) in [6, 6.07) is 12.4. The number of hydrogen-bond donors (Lipinski definition) is 2. The van der Waals surface area contributed by atoms with Gasteiger partial charge < -0.3 is 15.4 Å². The van der Waals surface area contributed by atoms with E-state index < -0.39 is 15.9 Å². The van der Waals surface area contributed by atoms with Gasteiger partial charge in [0.1, 0.15) is 0 Å². The van der Waals surface area contributed by atoms with E-state index in [1.165, 1.54) is 28.6 Å². The standard InChI is InChI=1S/C21H25N3O5S/c1-15(2)22-21(26)18-5-3-4-6-19(18)23-20(25)16-7-9-17(10-8-16)30(27,28)24-11-13-29-14-12-24/h3-10,15H,11-14H2,1-2H3,(H,22,26)(H,23,25). The fraction of sp³-hybridized carbons (Fsp3) is 0.333. The number of carbonyl (C=O) groups is 2. The minimum Gasteiger partial charge on any atom is -0.379 e. The summed E-state index contributed by atoms with van der Waals surface area (Å²) in [6.07, 6.45) is 0. The molecular weight excluding hydrogens is 406 g/mol. The van der Waals surface area contributed by atoms with Crippen LogP contribution < -0.4 is 10.6 Å². The number of hydrogen-bond acceptors (Lipinski definition) is 5. The van der Waals surface area contributed by atoms with Crippen LogP contribution in [0.4, 0.5) is 5.69 Å². The van der Waals surface area contributed by atoms with Crippen molar-refractivity contribution in [2.24, 2.45) is 0 Å². The van der Waals surface area contributed by atoms with Crippen LogP contribution in [0.2, 0.25) is 0 Å². The van der Waals surface area contributed by atoms with Gasteiger partial charge in [-0.1, -0.05) is 12.1 Å². The first-order chi connectivity index (χ1) is 14.3.